The number of phenols is 1. The quantitative estimate of drug-likeness (QED) is 0.820. The number of phenolic OH excluding ortho intramolecular Hbond substituents is 1. The van der Waals surface area contributed by atoms with Gasteiger partial charge in [-0.05, 0) is 23.7 Å². The van der Waals surface area contributed by atoms with Gasteiger partial charge in [0.25, 0.3) is 0 Å². The second-order valence-electron chi connectivity index (χ2n) is 5.10. The smallest absolute Gasteiger partial charge is 0.115 e. The third-order valence-corrected chi connectivity index (χ3v) is 6.30. The Hall–Kier alpha value is -1.54. The highest BCUT2D eigenvalue weighted by Crippen LogP contribution is 2.16. The van der Waals surface area contributed by atoms with E-state index in [2.05, 4.69) is 49.5 Å². The summed E-state index contributed by atoms with van der Waals surface area (Å²) in [6.07, 6.45) is 0. The van der Waals surface area contributed by atoms with Crippen LogP contribution in [0, 0.1) is 0 Å². The first-order chi connectivity index (χ1) is 8.08. The first kappa shape index (κ1) is 11.9. The van der Waals surface area contributed by atoms with Crippen molar-refractivity contribution in [1.82, 2.24) is 0 Å². The maximum absolute atomic E-state index is 9.50. The van der Waals surface area contributed by atoms with E-state index >= 15 is 0 Å². The molecule has 2 aromatic rings. The van der Waals surface area contributed by atoms with E-state index in [1.807, 2.05) is 12.1 Å². The number of hydrogen-bond donors (Lipinski definition) is 1. The van der Waals surface area contributed by atoms with Gasteiger partial charge in [-0.1, -0.05) is 60.7 Å². The van der Waals surface area contributed by atoms with Crippen molar-refractivity contribution < 1.29 is 5.11 Å². The van der Waals surface area contributed by atoms with Crippen molar-refractivity contribution in [1.29, 1.82) is 0 Å². The molecule has 0 saturated heterocycles. The Balaban J connectivity index is 2.23. The molecule has 0 radical (unpaired) electrons. The second-order valence-corrected chi connectivity index (χ2v) is 9.80. The summed E-state index contributed by atoms with van der Waals surface area (Å²) in [7, 11) is -1.45. The Bertz CT molecular complexity index is 491. The van der Waals surface area contributed by atoms with Gasteiger partial charge in [-0.15, -0.1) is 0 Å². The molecule has 2 heteroatoms. The van der Waals surface area contributed by atoms with Gasteiger partial charge in [-0.25, -0.2) is 0 Å². The molecule has 0 aromatic heterocycles. The number of aromatic hydroxyl groups is 1. The topological polar surface area (TPSA) is 20.2 Å². The lowest BCUT2D eigenvalue weighted by Crippen LogP contribution is -2.43. The van der Waals surface area contributed by atoms with Gasteiger partial charge in [0, 0.05) is 0 Å². The predicted molar refractivity (Wildman–Crippen MR) is 75.4 cm³/mol. The Morgan fingerprint density at radius 1 is 0.941 bits per heavy atom. The molecule has 0 amide bonds. The summed E-state index contributed by atoms with van der Waals surface area (Å²) in [5.74, 6) is 0.361. The van der Waals surface area contributed by atoms with Crippen molar-refractivity contribution in [2.45, 2.75) is 19.1 Å². The molecule has 17 heavy (non-hydrogen) atoms. The van der Waals surface area contributed by atoms with Crippen molar-refractivity contribution in [3.63, 3.8) is 0 Å². The average Bonchev–Trinajstić information content (AvgIpc) is 2.29. The van der Waals surface area contributed by atoms with E-state index in [0.29, 0.717) is 5.75 Å². The minimum atomic E-state index is -1.45. The van der Waals surface area contributed by atoms with E-state index in [1.54, 1.807) is 6.07 Å². The molecular weight excluding hydrogens is 224 g/mol. The van der Waals surface area contributed by atoms with Crippen LogP contribution in [0.15, 0.2) is 54.6 Å². The molecule has 0 aliphatic heterocycles. The van der Waals surface area contributed by atoms with E-state index in [-0.39, 0.29) is 0 Å². The SMILES string of the molecule is C[Si](C)(Cc1cccc(O)c1)c1ccccc1. The van der Waals surface area contributed by atoms with Gasteiger partial charge in [-0.2, -0.15) is 0 Å². The Morgan fingerprint density at radius 2 is 1.65 bits per heavy atom. The molecule has 0 saturated carbocycles. The Morgan fingerprint density at radius 3 is 2.29 bits per heavy atom. The fraction of sp³-hybridized carbons (Fsp3) is 0.200. The first-order valence-corrected chi connectivity index (χ1v) is 9.12. The molecule has 2 aromatic carbocycles. The molecule has 88 valence electrons. The largest absolute Gasteiger partial charge is 0.508 e. The average molecular weight is 242 g/mol. The summed E-state index contributed by atoms with van der Waals surface area (Å²) in [6, 6.07) is 19.4. The summed E-state index contributed by atoms with van der Waals surface area (Å²) in [5, 5.41) is 11.0. The number of benzene rings is 2. The highest BCUT2D eigenvalue weighted by molar-refractivity contribution is 6.89. The molecule has 1 N–H and O–H groups in total. The van der Waals surface area contributed by atoms with E-state index in [0.717, 1.165) is 6.04 Å². The standard InChI is InChI=1S/C15H18OSi/c1-17(2,15-9-4-3-5-10-15)12-13-7-6-8-14(16)11-13/h3-11,16H,12H2,1-2H3. The second kappa shape index (κ2) is 4.76. The van der Waals surface area contributed by atoms with E-state index in [1.165, 1.54) is 10.8 Å². The summed E-state index contributed by atoms with van der Waals surface area (Å²) in [4.78, 5) is 0. The monoisotopic (exact) mass is 242 g/mol. The predicted octanol–water partition coefficient (Wildman–Crippen LogP) is 3.09. The van der Waals surface area contributed by atoms with Crippen LogP contribution >= 0.6 is 0 Å². The minimum absolute atomic E-state index is 0.361. The van der Waals surface area contributed by atoms with Crippen LogP contribution in [-0.2, 0) is 6.04 Å². The summed E-state index contributed by atoms with van der Waals surface area (Å²) in [5.41, 5.74) is 1.23. The molecule has 0 fully saturated rings. The first-order valence-electron chi connectivity index (χ1n) is 5.91. The van der Waals surface area contributed by atoms with Gasteiger partial charge in [0.05, 0.1) is 8.07 Å². The fourth-order valence-electron chi connectivity index (χ4n) is 2.17. The third kappa shape index (κ3) is 2.98. The van der Waals surface area contributed by atoms with Crippen LogP contribution in [0.3, 0.4) is 0 Å². The molecule has 1 nitrogen and oxygen atoms in total. The number of rotatable bonds is 3. The lowest BCUT2D eigenvalue weighted by atomic mass is 10.2. The fourth-order valence-corrected chi connectivity index (χ4v) is 4.71. The maximum atomic E-state index is 9.50. The highest BCUT2D eigenvalue weighted by atomic mass is 28.3. The Labute approximate surface area is 104 Å². The molecular formula is C15H18OSi. The molecule has 2 rings (SSSR count). The zero-order valence-corrected chi connectivity index (χ0v) is 11.4. The normalized spacial score (nSPS) is 11.4. The van der Waals surface area contributed by atoms with Crippen LogP contribution < -0.4 is 5.19 Å². The van der Waals surface area contributed by atoms with Gasteiger partial charge < -0.3 is 5.11 Å². The van der Waals surface area contributed by atoms with E-state index in [9.17, 15) is 5.11 Å². The number of hydrogen-bond acceptors (Lipinski definition) is 1. The van der Waals surface area contributed by atoms with E-state index in [4.69, 9.17) is 0 Å². The molecule has 0 aliphatic carbocycles. The van der Waals surface area contributed by atoms with Crippen LogP contribution in [-0.4, -0.2) is 13.2 Å². The van der Waals surface area contributed by atoms with Gasteiger partial charge in [0.2, 0.25) is 0 Å². The van der Waals surface area contributed by atoms with Crippen molar-refractivity contribution in [2.75, 3.05) is 0 Å². The van der Waals surface area contributed by atoms with Crippen LogP contribution in [0.2, 0.25) is 13.1 Å². The van der Waals surface area contributed by atoms with Crippen LogP contribution in [0.25, 0.3) is 0 Å². The molecule has 0 aliphatic rings. The highest BCUT2D eigenvalue weighted by Gasteiger charge is 2.23. The van der Waals surface area contributed by atoms with Crippen LogP contribution in [0.5, 0.6) is 5.75 Å². The summed E-state index contributed by atoms with van der Waals surface area (Å²) in [6.45, 7) is 4.73. The summed E-state index contributed by atoms with van der Waals surface area (Å²) < 4.78 is 0. The van der Waals surface area contributed by atoms with Gasteiger partial charge in [-0.3, -0.25) is 0 Å². The van der Waals surface area contributed by atoms with Crippen molar-refractivity contribution in [3.05, 3.63) is 60.2 Å². The third-order valence-electron chi connectivity index (χ3n) is 3.11. The molecule has 0 heterocycles. The maximum Gasteiger partial charge on any atom is 0.115 e. The lowest BCUT2D eigenvalue weighted by Gasteiger charge is -2.23. The van der Waals surface area contributed by atoms with E-state index < -0.39 is 8.07 Å². The van der Waals surface area contributed by atoms with Crippen LogP contribution in [0.4, 0.5) is 0 Å². The minimum Gasteiger partial charge on any atom is -0.508 e. The Kier molecular flexibility index (Phi) is 3.34. The lowest BCUT2D eigenvalue weighted by molar-refractivity contribution is 0.475. The zero-order valence-electron chi connectivity index (χ0n) is 10.4. The summed E-state index contributed by atoms with van der Waals surface area (Å²) >= 11 is 0. The van der Waals surface area contributed by atoms with Gasteiger partial charge in [0.15, 0.2) is 0 Å². The molecule has 0 unspecified atom stereocenters. The molecule has 0 bridgehead atoms. The van der Waals surface area contributed by atoms with Crippen molar-refractivity contribution >= 4 is 13.3 Å². The van der Waals surface area contributed by atoms with Crippen LogP contribution in [0.1, 0.15) is 5.56 Å². The zero-order chi connectivity index (χ0) is 12.3. The molecule has 0 atom stereocenters. The van der Waals surface area contributed by atoms with Gasteiger partial charge >= 0.3 is 0 Å². The van der Waals surface area contributed by atoms with Crippen molar-refractivity contribution in [2.24, 2.45) is 0 Å². The molecule has 0 spiro atoms. The van der Waals surface area contributed by atoms with Crippen molar-refractivity contribution in [3.8, 4) is 5.75 Å². The van der Waals surface area contributed by atoms with Gasteiger partial charge in [0.1, 0.15) is 5.75 Å².